The van der Waals surface area contributed by atoms with E-state index in [1.54, 1.807) is 0 Å². The minimum absolute atomic E-state index is 0. The number of aliphatic hydroxyl groups excluding tert-OH is 16. The fourth-order valence-corrected chi connectivity index (χ4v) is 4.00. The molecule has 0 rings (SSSR count). The number of rotatable bonds is 28. The molecule has 0 bridgehead atoms. The topological polar surface area (TPSA) is 521 Å². The second-order valence-electron chi connectivity index (χ2n) is 11.7. The van der Waals surface area contributed by atoms with Crippen molar-refractivity contribution in [1.82, 2.24) is 0 Å². The maximum Gasteiger partial charge on any atom is 0.125 e. The van der Waals surface area contributed by atoms with Crippen molar-refractivity contribution in [3.63, 3.8) is 0 Å². The van der Waals surface area contributed by atoms with Crippen LogP contribution in [0.15, 0.2) is 0 Å². The van der Waals surface area contributed by atoms with E-state index in [2.05, 4.69) is 18.9 Å². The van der Waals surface area contributed by atoms with Gasteiger partial charge in [-0.1, -0.05) is 0 Å². The van der Waals surface area contributed by atoms with Crippen LogP contribution in [0.5, 0.6) is 0 Å². The molecule has 4 radical (unpaired) electrons. The van der Waals surface area contributed by atoms with Crippen molar-refractivity contribution in [3.05, 3.63) is 0 Å². The van der Waals surface area contributed by atoms with Gasteiger partial charge in [0.15, 0.2) is 0 Å². The first-order chi connectivity index (χ1) is 27.8. The number of aliphatic hydroxyl groups is 16. The molecular weight excluding hydrogens is 1040 g/mol. The summed E-state index contributed by atoms with van der Waals surface area (Å²) in [6, 6.07) is 0. The van der Waals surface area contributed by atoms with Crippen molar-refractivity contribution >= 4 is 51.2 Å². The maximum atomic E-state index is 10.5. The molecule has 16 N–H and O–H groups in total. The Labute approximate surface area is 368 Å². The molecule has 0 heterocycles. The standard InChI is InChI=1S/4C8H16O7.Pb/c4*1-2-15-7(8(13)14)6(12)5(11)4(10)3-9;/h4*4-7,9-12H,2-3H2,1H3,(H,13,14);/p-4. The van der Waals surface area contributed by atoms with Crippen LogP contribution in [0.1, 0.15) is 27.7 Å². The zero-order valence-electron chi connectivity index (χ0n) is 33.4. The molecule has 364 valence electrons. The van der Waals surface area contributed by atoms with Gasteiger partial charge in [0.2, 0.25) is 0 Å². The maximum absolute atomic E-state index is 10.5. The SMILES string of the molecule is CCOC(C(=O)[O-])C(O)C(O)C(O)CO.CCOC(C(=O)[O-])C(O)C(O)C(O)CO.CCOC(C(=O)[O-])C(O)C(O)C(O)CO.CCOC(C(=O)[O-])C(O)C(O)C(O)CO.[Pb]. The van der Waals surface area contributed by atoms with E-state index in [1.165, 1.54) is 27.7 Å². The van der Waals surface area contributed by atoms with Gasteiger partial charge in [-0.15, -0.1) is 0 Å². The number of hydrogen-bond acceptors (Lipinski definition) is 28. The van der Waals surface area contributed by atoms with Gasteiger partial charge in [-0.25, -0.2) is 0 Å². The monoisotopic (exact) mass is 1100 g/mol. The average Bonchev–Trinajstić information content (AvgIpc) is 3.22. The number of carboxylic acids is 4. The number of carbonyl (C=O) groups excluding carboxylic acids is 4. The van der Waals surface area contributed by atoms with Crippen molar-refractivity contribution in [2.45, 2.75) is 125 Å². The number of carboxylic acid groups (broad SMARTS) is 4. The quantitative estimate of drug-likeness (QED) is 0.0324. The summed E-state index contributed by atoms with van der Waals surface area (Å²) in [5.41, 5.74) is 0. The van der Waals surface area contributed by atoms with Crippen molar-refractivity contribution in [1.29, 1.82) is 0 Å². The largest absolute Gasteiger partial charge is 0.547 e. The third kappa shape index (κ3) is 27.1. The van der Waals surface area contributed by atoms with Crippen LogP contribution in [-0.2, 0) is 38.1 Å². The van der Waals surface area contributed by atoms with E-state index < -0.39 is 148 Å². The van der Waals surface area contributed by atoms with Gasteiger partial charge in [0.05, 0.1) is 50.3 Å². The van der Waals surface area contributed by atoms with Crippen molar-refractivity contribution in [2.24, 2.45) is 0 Å². The Kier molecular flexibility index (Phi) is 42.9. The molecule has 0 aliphatic carbocycles. The summed E-state index contributed by atoms with van der Waals surface area (Å²) < 4.78 is 18.5. The molecule has 28 nitrogen and oxygen atoms in total. The molecule has 0 amide bonds. The molecule has 61 heavy (non-hydrogen) atoms. The molecule has 0 saturated carbocycles. The molecule has 0 aromatic rings. The molecular formula is C32H60O28Pb-4. The first-order valence-electron chi connectivity index (χ1n) is 17.7. The summed E-state index contributed by atoms with van der Waals surface area (Å²) >= 11 is 0. The Morgan fingerprint density at radius 3 is 0.557 bits per heavy atom. The summed E-state index contributed by atoms with van der Waals surface area (Å²) in [5.74, 6) is -6.80. The van der Waals surface area contributed by atoms with Gasteiger partial charge in [-0.3, -0.25) is 0 Å². The van der Waals surface area contributed by atoms with Gasteiger partial charge < -0.3 is 140 Å². The molecule has 0 spiro atoms. The summed E-state index contributed by atoms with van der Waals surface area (Å²) in [5, 5.41) is 186. The van der Waals surface area contributed by atoms with Gasteiger partial charge in [0.25, 0.3) is 0 Å². The van der Waals surface area contributed by atoms with Crippen LogP contribution in [-0.4, -0.2) is 283 Å². The van der Waals surface area contributed by atoms with Crippen LogP contribution in [0.25, 0.3) is 0 Å². The number of ether oxygens (including phenoxy) is 4. The molecule has 0 fully saturated rings. The van der Waals surface area contributed by atoms with E-state index in [-0.39, 0.29) is 53.7 Å². The zero-order valence-corrected chi connectivity index (χ0v) is 37.3. The third-order valence-electron chi connectivity index (χ3n) is 7.28. The van der Waals surface area contributed by atoms with Gasteiger partial charge in [0, 0.05) is 53.7 Å². The van der Waals surface area contributed by atoms with E-state index in [4.69, 9.17) is 40.9 Å². The summed E-state index contributed by atoms with van der Waals surface area (Å²) in [7, 11) is 0. The molecule has 0 aromatic carbocycles. The minimum atomic E-state index is -1.86. The van der Waals surface area contributed by atoms with E-state index in [0.29, 0.717) is 0 Å². The summed E-state index contributed by atoms with van der Waals surface area (Å²) in [4.78, 5) is 42.0. The Hall–Kier alpha value is -2.00. The molecule has 0 aliphatic heterocycles. The zero-order chi connectivity index (χ0) is 48.0. The fourth-order valence-electron chi connectivity index (χ4n) is 4.00. The predicted molar refractivity (Wildman–Crippen MR) is 188 cm³/mol. The molecule has 16 unspecified atom stereocenters. The second-order valence-corrected chi connectivity index (χ2v) is 11.7. The van der Waals surface area contributed by atoms with Gasteiger partial charge >= 0.3 is 0 Å². The second kappa shape index (κ2) is 38.5. The number of aliphatic carboxylic acids is 4. The fraction of sp³-hybridized carbons (Fsp3) is 0.875. The van der Waals surface area contributed by atoms with Crippen LogP contribution in [0, 0.1) is 0 Å². The number of hydrogen-bond donors (Lipinski definition) is 16. The van der Waals surface area contributed by atoms with Crippen molar-refractivity contribution < 1.29 is 140 Å². The van der Waals surface area contributed by atoms with Crippen LogP contribution in [0.2, 0.25) is 0 Å². The molecule has 29 heteroatoms. The van der Waals surface area contributed by atoms with E-state index in [9.17, 15) is 80.5 Å². The smallest absolute Gasteiger partial charge is 0.125 e. The summed E-state index contributed by atoms with van der Waals surface area (Å²) in [6.45, 7) is 2.77. The molecule has 0 saturated heterocycles. The van der Waals surface area contributed by atoms with E-state index >= 15 is 0 Å². The Morgan fingerprint density at radius 1 is 0.344 bits per heavy atom. The van der Waals surface area contributed by atoms with Gasteiger partial charge in [-0.2, -0.15) is 0 Å². The molecule has 16 atom stereocenters. The first kappa shape index (κ1) is 68.1. The molecule has 0 aliphatic rings. The first-order valence-corrected chi connectivity index (χ1v) is 17.7. The van der Waals surface area contributed by atoms with Crippen LogP contribution in [0.3, 0.4) is 0 Å². The Bertz CT molecular complexity index is 957. The van der Waals surface area contributed by atoms with Gasteiger partial charge in [0.1, 0.15) is 97.7 Å². The summed E-state index contributed by atoms with van der Waals surface area (Å²) in [6.07, 6.45) is -28.2. The predicted octanol–water partition coefficient (Wildman–Crippen LogP) is -15.5. The van der Waals surface area contributed by atoms with Gasteiger partial charge in [-0.05, 0) is 27.7 Å². The third-order valence-corrected chi connectivity index (χ3v) is 7.28. The van der Waals surface area contributed by atoms with Crippen LogP contribution in [0.4, 0.5) is 0 Å². The van der Waals surface area contributed by atoms with Crippen LogP contribution < -0.4 is 20.4 Å². The van der Waals surface area contributed by atoms with E-state index in [0.717, 1.165) is 0 Å². The van der Waals surface area contributed by atoms with Crippen molar-refractivity contribution in [2.75, 3.05) is 52.9 Å². The Morgan fingerprint density at radius 2 is 0.475 bits per heavy atom. The number of carbonyl (C=O) groups is 4. The molecule has 0 aromatic heterocycles. The average molecular weight is 1100 g/mol. The normalized spacial score (nSPS) is 19.0. The minimum Gasteiger partial charge on any atom is -0.547 e. The van der Waals surface area contributed by atoms with Crippen LogP contribution >= 0.6 is 0 Å². The Balaban J connectivity index is -0.000000227. The van der Waals surface area contributed by atoms with E-state index in [1.807, 2.05) is 0 Å². The van der Waals surface area contributed by atoms with Crippen molar-refractivity contribution in [3.8, 4) is 0 Å².